The molecule has 2 aliphatic heterocycles. The number of anilines is 1. The van der Waals surface area contributed by atoms with Crippen molar-refractivity contribution in [2.24, 2.45) is 5.92 Å². The average Bonchev–Trinajstić information content (AvgIpc) is 3.02. The van der Waals surface area contributed by atoms with Gasteiger partial charge >= 0.3 is 0 Å². The van der Waals surface area contributed by atoms with E-state index in [9.17, 15) is 18.8 Å². The molecule has 0 unspecified atom stereocenters. The summed E-state index contributed by atoms with van der Waals surface area (Å²) >= 11 is 0. The van der Waals surface area contributed by atoms with Gasteiger partial charge in [-0.3, -0.25) is 19.3 Å². The molecule has 3 amide bonds. The molecule has 7 heteroatoms. The normalized spacial score (nSPS) is 17.4. The number of carbonyl (C=O) groups is 3. The van der Waals surface area contributed by atoms with Gasteiger partial charge in [-0.2, -0.15) is 0 Å². The van der Waals surface area contributed by atoms with Gasteiger partial charge in [0, 0.05) is 31.9 Å². The lowest BCUT2D eigenvalue weighted by molar-refractivity contribution is -0.136. The Labute approximate surface area is 181 Å². The van der Waals surface area contributed by atoms with Crippen LogP contribution in [-0.2, 0) is 4.79 Å². The number of carbonyl (C=O) groups excluding carboxylic acids is 3. The number of imide groups is 1. The molecule has 2 heterocycles. The van der Waals surface area contributed by atoms with E-state index >= 15 is 0 Å². The Bertz CT molecular complexity index is 962. The number of fused-ring (bicyclic) bond motifs is 1. The second-order valence-electron chi connectivity index (χ2n) is 8.46. The van der Waals surface area contributed by atoms with Crippen molar-refractivity contribution in [3.05, 3.63) is 65.5 Å². The van der Waals surface area contributed by atoms with E-state index in [0.717, 1.165) is 10.6 Å². The zero-order chi connectivity index (χ0) is 22.1. The summed E-state index contributed by atoms with van der Waals surface area (Å²) in [5.41, 5.74) is 1.62. The molecular formula is C24H26FN3O3. The van der Waals surface area contributed by atoms with E-state index in [1.807, 2.05) is 13.8 Å². The van der Waals surface area contributed by atoms with E-state index in [1.165, 1.54) is 12.1 Å². The minimum absolute atomic E-state index is 0.138. The SMILES string of the molecule is CC(C)C[C@H](C(=O)N1CCN(c2ccc(F)cc2)CC1)N1C(=O)c2ccccc2C1=O. The minimum atomic E-state index is -0.815. The molecule has 162 valence electrons. The van der Waals surface area contributed by atoms with Gasteiger partial charge in [0.25, 0.3) is 11.8 Å². The molecule has 1 saturated heterocycles. The van der Waals surface area contributed by atoms with E-state index < -0.39 is 17.9 Å². The smallest absolute Gasteiger partial charge is 0.262 e. The summed E-state index contributed by atoms with van der Waals surface area (Å²) in [6.45, 7) is 6.12. The molecule has 1 fully saturated rings. The van der Waals surface area contributed by atoms with Crippen LogP contribution in [0.3, 0.4) is 0 Å². The number of nitrogens with zero attached hydrogens (tertiary/aromatic N) is 3. The summed E-state index contributed by atoms with van der Waals surface area (Å²) in [5.74, 6) is -1.13. The molecule has 2 aromatic rings. The Kier molecular flexibility index (Phi) is 5.76. The summed E-state index contributed by atoms with van der Waals surface area (Å²) < 4.78 is 13.2. The van der Waals surface area contributed by atoms with Gasteiger partial charge in [-0.05, 0) is 48.7 Å². The number of benzene rings is 2. The van der Waals surface area contributed by atoms with Gasteiger partial charge < -0.3 is 9.80 Å². The molecule has 31 heavy (non-hydrogen) atoms. The molecular weight excluding hydrogens is 397 g/mol. The highest BCUT2D eigenvalue weighted by Crippen LogP contribution is 2.28. The topological polar surface area (TPSA) is 60.9 Å². The molecule has 0 bridgehead atoms. The van der Waals surface area contributed by atoms with Crippen LogP contribution in [0.25, 0.3) is 0 Å². The fourth-order valence-electron chi connectivity index (χ4n) is 4.30. The van der Waals surface area contributed by atoms with Crippen LogP contribution < -0.4 is 4.90 Å². The van der Waals surface area contributed by atoms with Gasteiger partial charge in [-0.25, -0.2) is 4.39 Å². The highest BCUT2D eigenvalue weighted by atomic mass is 19.1. The lowest BCUT2D eigenvalue weighted by Crippen LogP contribution is -2.56. The van der Waals surface area contributed by atoms with Crippen LogP contribution in [0, 0.1) is 11.7 Å². The van der Waals surface area contributed by atoms with Crippen LogP contribution in [0.15, 0.2) is 48.5 Å². The maximum Gasteiger partial charge on any atom is 0.262 e. The molecule has 2 aliphatic rings. The molecule has 6 nitrogen and oxygen atoms in total. The first-order valence-corrected chi connectivity index (χ1v) is 10.6. The number of rotatable bonds is 5. The predicted octanol–water partition coefficient (Wildman–Crippen LogP) is 3.19. The van der Waals surface area contributed by atoms with Crippen LogP contribution in [0.5, 0.6) is 0 Å². The molecule has 4 rings (SSSR count). The van der Waals surface area contributed by atoms with Crippen molar-refractivity contribution >= 4 is 23.4 Å². The van der Waals surface area contributed by atoms with Crippen molar-refractivity contribution in [1.29, 1.82) is 0 Å². The molecule has 0 spiro atoms. The maximum atomic E-state index is 13.5. The van der Waals surface area contributed by atoms with Crippen molar-refractivity contribution in [1.82, 2.24) is 9.80 Å². The van der Waals surface area contributed by atoms with Crippen LogP contribution >= 0.6 is 0 Å². The van der Waals surface area contributed by atoms with Crippen LogP contribution in [-0.4, -0.2) is 59.7 Å². The summed E-state index contributed by atoms with van der Waals surface area (Å²) in [6, 6.07) is 12.2. The molecule has 0 radical (unpaired) electrons. The highest BCUT2D eigenvalue weighted by molar-refractivity contribution is 6.22. The summed E-state index contributed by atoms with van der Waals surface area (Å²) in [5, 5.41) is 0. The Balaban J connectivity index is 1.50. The van der Waals surface area contributed by atoms with E-state index in [1.54, 1.807) is 41.3 Å². The minimum Gasteiger partial charge on any atom is -0.368 e. The molecule has 1 atom stereocenters. The molecule has 0 aromatic heterocycles. The number of hydrogen-bond acceptors (Lipinski definition) is 4. The monoisotopic (exact) mass is 423 g/mol. The average molecular weight is 423 g/mol. The number of halogens is 1. The molecule has 0 N–H and O–H groups in total. The fraction of sp³-hybridized carbons (Fsp3) is 0.375. The van der Waals surface area contributed by atoms with Gasteiger partial charge in [-0.15, -0.1) is 0 Å². The van der Waals surface area contributed by atoms with Crippen molar-refractivity contribution < 1.29 is 18.8 Å². The largest absolute Gasteiger partial charge is 0.368 e. The fourth-order valence-corrected chi connectivity index (χ4v) is 4.30. The Morgan fingerprint density at radius 3 is 1.97 bits per heavy atom. The Morgan fingerprint density at radius 1 is 0.903 bits per heavy atom. The van der Waals surface area contributed by atoms with E-state index in [2.05, 4.69) is 4.90 Å². The number of piperazine rings is 1. The molecule has 2 aromatic carbocycles. The zero-order valence-corrected chi connectivity index (χ0v) is 17.8. The van der Waals surface area contributed by atoms with Gasteiger partial charge in [0.05, 0.1) is 11.1 Å². The van der Waals surface area contributed by atoms with E-state index in [4.69, 9.17) is 0 Å². The molecule has 0 aliphatic carbocycles. The lowest BCUT2D eigenvalue weighted by Gasteiger charge is -2.39. The van der Waals surface area contributed by atoms with E-state index in [0.29, 0.717) is 43.7 Å². The van der Waals surface area contributed by atoms with Crippen LogP contribution in [0.2, 0.25) is 0 Å². The van der Waals surface area contributed by atoms with Gasteiger partial charge in [0.15, 0.2) is 0 Å². The first-order chi connectivity index (χ1) is 14.9. The highest BCUT2D eigenvalue weighted by Gasteiger charge is 2.44. The van der Waals surface area contributed by atoms with Crippen LogP contribution in [0.1, 0.15) is 41.0 Å². The first-order valence-electron chi connectivity index (χ1n) is 10.6. The predicted molar refractivity (Wildman–Crippen MR) is 115 cm³/mol. The van der Waals surface area contributed by atoms with Crippen molar-refractivity contribution in [3.8, 4) is 0 Å². The second-order valence-corrected chi connectivity index (χ2v) is 8.46. The van der Waals surface area contributed by atoms with Gasteiger partial charge in [0.2, 0.25) is 5.91 Å². The van der Waals surface area contributed by atoms with Crippen molar-refractivity contribution in [3.63, 3.8) is 0 Å². The van der Waals surface area contributed by atoms with Crippen molar-refractivity contribution in [2.75, 3.05) is 31.1 Å². The zero-order valence-electron chi connectivity index (χ0n) is 17.8. The Hall–Kier alpha value is -3.22. The van der Waals surface area contributed by atoms with E-state index in [-0.39, 0.29) is 17.6 Å². The third-order valence-electron chi connectivity index (χ3n) is 5.90. The maximum absolute atomic E-state index is 13.5. The third kappa shape index (κ3) is 4.04. The lowest BCUT2D eigenvalue weighted by atomic mass is 10.0. The second kappa shape index (κ2) is 8.49. The first kappa shape index (κ1) is 21.0. The summed E-state index contributed by atoms with van der Waals surface area (Å²) in [4.78, 5) is 44.4. The summed E-state index contributed by atoms with van der Waals surface area (Å²) in [7, 11) is 0. The number of hydrogen-bond donors (Lipinski definition) is 0. The quantitative estimate of drug-likeness (QED) is 0.693. The van der Waals surface area contributed by atoms with Gasteiger partial charge in [-0.1, -0.05) is 26.0 Å². The number of amides is 3. The molecule has 0 saturated carbocycles. The standard InChI is InChI=1S/C24H26FN3O3/c1-16(2)15-21(28-22(29)19-5-3-4-6-20(19)23(28)30)24(31)27-13-11-26(12-14-27)18-9-7-17(25)8-10-18/h3-10,16,21H,11-15H2,1-2H3/t21-/m1/s1. The summed E-state index contributed by atoms with van der Waals surface area (Å²) in [6.07, 6.45) is 0.419. The Morgan fingerprint density at radius 2 is 1.45 bits per heavy atom. The van der Waals surface area contributed by atoms with Crippen molar-refractivity contribution in [2.45, 2.75) is 26.3 Å². The van der Waals surface area contributed by atoms with Crippen LogP contribution in [0.4, 0.5) is 10.1 Å². The van der Waals surface area contributed by atoms with Gasteiger partial charge in [0.1, 0.15) is 11.9 Å². The third-order valence-corrected chi connectivity index (χ3v) is 5.90.